The molecule has 0 aliphatic heterocycles. The monoisotopic (exact) mass is 295 g/mol. The number of anilines is 1. The molecule has 2 aromatic carbocycles. The topological polar surface area (TPSA) is 35.2 Å². The SMILES string of the molecule is Nc1cccc(OCc2ccccc2F)c1Br. The quantitative estimate of drug-likeness (QED) is 0.875. The molecule has 0 saturated carbocycles. The molecular formula is C13H11BrFNO. The third-order valence-corrected chi connectivity index (χ3v) is 3.18. The van der Waals surface area contributed by atoms with Gasteiger partial charge in [0, 0.05) is 11.3 Å². The number of ether oxygens (including phenoxy) is 1. The molecule has 0 amide bonds. The number of hydrogen-bond donors (Lipinski definition) is 1. The molecule has 4 heteroatoms. The lowest BCUT2D eigenvalue weighted by Gasteiger charge is -2.10. The molecule has 0 radical (unpaired) electrons. The van der Waals surface area contributed by atoms with Gasteiger partial charge >= 0.3 is 0 Å². The lowest BCUT2D eigenvalue weighted by Crippen LogP contribution is -1.99. The largest absolute Gasteiger partial charge is 0.488 e. The number of nitrogen functional groups attached to an aromatic ring is 1. The van der Waals surface area contributed by atoms with E-state index < -0.39 is 0 Å². The van der Waals surface area contributed by atoms with Gasteiger partial charge in [-0.25, -0.2) is 4.39 Å². The Morgan fingerprint density at radius 1 is 1.12 bits per heavy atom. The Morgan fingerprint density at radius 3 is 2.65 bits per heavy atom. The van der Waals surface area contributed by atoms with Gasteiger partial charge in [-0.3, -0.25) is 0 Å². The van der Waals surface area contributed by atoms with Gasteiger partial charge in [-0.1, -0.05) is 24.3 Å². The Labute approximate surface area is 107 Å². The Kier molecular flexibility index (Phi) is 3.64. The van der Waals surface area contributed by atoms with Crippen molar-refractivity contribution in [3.05, 3.63) is 58.3 Å². The van der Waals surface area contributed by atoms with Gasteiger partial charge in [-0.2, -0.15) is 0 Å². The van der Waals surface area contributed by atoms with Gasteiger partial charge in [0.05, 0.1) is 4.47 Å². The highest BCUT2D eigenvalue weighted by molar-refractivity contribution is 9.10. The maximum Gasteiger partial charge on any atom is 0.136 e. The van der Waals surface area contributed by atoms with Crippen LogP contribution in [0.1, 0.15) is 5.56 Å². The fourth-order valence-corrected chi connectivity index (χ4v) is 1.79. The van der Waals surface area contributed by atoms with E-state index in [0.717, 1.165) is 0 Å². The highest BCUT2D eigenvalue weighted by Crippen LogP contribution is 2.30. The molecule has 2 N–H and O–H groups in total. The Hall–Kier alpha value is -1.55. The van der Waals surface area contributed by atoms with Gasteiger partial charge in [-0.15, -0.1) is 0 Å². The minimum atomic E-state index is -0.271. The van der Waals surface area contributed by atoms with E-state index in [4.69, 9.17) is 10.5 Å². The average Bonchev–Trinajstić information content (AvgIpc) is 2.33. The lowest BCUT2D eigenvalue weighted by molar-refractivity contribution is 0.298. The molecule has 0 aliphatic rings. The van der Waals surface area contributed by atoms with Crippen LogP contribution in [0.3, 0.4) is 0 Å². The van der Waals surface area contributed by atoms with Crippen molar-refractivity contribution in [2.24, 2.45) is 0 Å². The summed E-state index contributed by atoms with van der Waals surface area (Å²) in [5, 5.41) is 0. The summed E-state index contributed by atoms with van der Waals surface area (Å²) in [6.07, 6.45) is 0. The smallest absolute Gasteiger partial charge is 0.136 e. The summed E-state index contributed by atoms with van der Waals surface area (Å²) in [5.41, 5.74) is 6.83. The van der Waals surface area contributed by atoms with Crippen LogP contribution in [-0.2, 0) is 6.61 Å². The molecule has 17 heavy (non-hydrogen) atoms. The van der Waals surface area contributed by atoms with Gasteiger partial charge < -0.3 is 10.5 Å². The van der Waals surface area contributed by atoms with Crippen molar-refractivity contribution in [3.63, 3.8) is 0 Å². The van der Waals surface area contributed by atoms with Crippen LogP contribution in [-0.4, -0.2) is 0 Å². The van der Waals surface area contributed by atoms with Crippen molar-refractivity contribution in [2.75, 3.05) is 5.73 Å². The molecule has 2 aromatic rings. The first-order valence-electron chi connectivity index (χ1n) is 5.08. The zero-order chi connectivity index (χ0) is 12.3. The fraction of sp³-hybridized carbons (Fsp3) is 0.0769. The predicted octanol–water partition coefficient (Wildman–Crippen LogP) is 3.75. The van der Waals surface area contributed by atoms with Gasteiger partial charge in [0.2, 0.25) is 0 Å². The van der Waals surface area contributed by atoms with E-state index in [1.54, 1.807) is 36.4 Å². The van der Waals surface area contributed by atoms with Crippen LogP contribution < -0.4 is 10.5 Å². The van der Waals surface area contributed by atoms with E-state index in [9.17, 15) is 4.39 Å². The molecule has 88 valence electrons. The minimum Gasteiger partial charge on any atom is -0.488 e. The zero-order valence-corrected chi connectivity index (χ0v) is 10.6. The summed E-state index contributed by atoms with van der Waals surface area (Å²) < 4.78 is 19.6. The standard InChI is InChI=1S/C13H11BrFNO/c14-13-11(16)6-3-7-12(13)17-8-9-4-1-2-5-10(9)15/h1-7H,8,16H2. The van der Waals surface area contributed by atoms with Crippen molar-refractivity contribution in [1.82, 2.24) is 0 Å². The predicted molar refractivity (Wildman–Crippen MR) is 69.3 cm³/mol. The summed E-state index contributed by atoms with van der Waals surface area (Å²) in [6.45, 7) is 0.175. The second kappa shape index (κ2) is 5.19. The number of rotatable bonds is 3. The average molecular weight is 296 g/mol. The van der Waals surface area contributed by atoms with Crippen LogP contribution in [0.2, 0.25) is 0 Å². The van der Waals surface area contributed by atoms with Crippen molar-refractivity contribution in [2.45, 2.75) is 6.61 Å². The molecule has 0 saturated heterocycles. The fourth-order valence-electron chi connectivity index (χ4n) is 1.41. The Bertz CT molecular complexity index is 531. The molecule has 0 bridgehead atoms. The van der Waals surface area contributed by atoms with Gasteiger partial charge in [-0.05, 0) is 34.1 Å². The summed E-state index contributed by atoms with van der Waals surface area (Å²) in [7, 11) is 0. The second-order valence-corrected chi connectivity index (χ2v) is 4.33. The molecule has 2 rings (SSSR count). The molecule has 0 unspecified atom stereocenters. The van der Waals surface area contributed by atoms with Crippen LogP contribution in [0.5, 0.6) is 5.75 Å². The third-order valence-electron chi connectivity index (χ3n) is 2.33. The van der Waals surface area contributed by atoms with Crippen LogP contribution in [0, 0.1) is 5.82 Å². The number of halogens is 2. The summed E-state index contributed by atoms with van der Waals surface area (Å²) >= 11 is 3.33. The van der Waals surface area contributed by atoms with E-state index in [1.807, 2.05) is 0 Å². The van der Waals surface area contributed by atoms with E-state index in [-0.39, 0.29) is 12.4 Å². The normalized spacial score (nSPS) is 10.2. The van der Waals surface area contributed by atoms with Crippen LogP contribution in [0.4, 0.5) is 10.1 Å². The molecule has 0 aliphatic carbocycles. The van der Waals surface area contributed by atoms with Crippen molar-refractivity contribution >= 4 is 21.6 Å². The number of nitrogens with two attached hydrogens (primary N) is 1. The van der Waals surface area contributed by atoms with Crippen LogP contribution in [0.15, 0.2) is 46.9 Å². The minimum absolute atomic E-state index is 0.175. The second-order valence-electron chi connectivity index (χ2n) is 3.54. The van der Waals surface area contributed by atoms with Crippen LogP contribution in [0.25, 0.3) is 0 Å². The first kappa shape index (κ1) is 11.9. The maximum absolute atomic E-state index is 13.4. The zero-order valence-electron chi connectivity index (χ0n) is 8.99. The highest BCUT2D eigenvalue weighted by Gasteiger charge is 2.06. The van der Waals surface area contributed by atoms with Crippen LogP contribution >= 0.6 is 15.9 Å². The molecular weight excluding hydrogens is 285 g/mol. The van der Waals surface area contributed by atoms with Gasteiger partial charge in [0.15, 0.2) is 0 Å². The summed E-state index contributed by atoms with van der Waals surface area (Å²) in [4.78, 5) is 0. The van der Waals surface area contributed by atoms with Gasteiger partial charge in [0.25, 0.3) is 0 Å². The van der Waals surface area contributed by atoms with E-state index >= 15 is 0 Å². The molecule has 0 aromatic heterocycles. The lowest BCUT2D eigenvalue weighted by atomic mass is 10.2. The molecule has 0 heterocycles. The number of benzene rings is 2. The summed E-state index contributed by atoms with van der Waals surface area (Å²) in [6, 6.07) is 11.9. The van der Waals surface area contributed by atoms with E-state index in [2.05, 4.69) is 15.9 Å². The molecule has 2 nitrogen and oxygen atoms in total. The Morgan fingerprint density at radius 2 is 1.88 bits per heavy atom. The molecule has 0 atom stereocenters. The maximum atomic E-state index is 13.4. The first-order chi connectivity index (χ1) is 8.18. The van der Waals surface area contributed by atoms with Crippen molar-refractivity contribution < 1.29 is 9.13 Å². The molecule has 0 spiro atoms. The van der Waals surface area contributed by atoms with Crippen molar-refractivity contribution in [3.8, 4) is 5.75 Å². The van der Waals surface area contributed by atoms with E-state index in [0.29, 0.717) is 21.5 Å². The van der Waals surface area contributed by atoms with E-state index in [1.165, 1.54) is 6.07 Å². The first-order valence-corrected chi connectivity index (χ1v) is 5.88. The molecule has 0 fully saturated rings. The van der Waals surface area contributed by atoms with Gasteiger partial charge in [0.1, 0.15) is 18.2 Å². The summed E-state index contributed by atoms with van der Waals surface area (Å²) in [5.74, 6) is 0.334. The Balaban J connectivity index is 2.13. The van der Waals surface area contributed by atoms with Crippen molar-refractivity contribution in [1.29, 1.82) is 0 Å². The third kappa shape index (κ3) is 2.77. The highest BCUT2D eigenvalue weighted by atomic mass is 79.9. The number of hydrogen-bond acceptors (Lipinski definition) is 2.